The van der Waals surface area contributed by atoms with Gasteiger partial charge in [0.2, 0.25) is 0 Å². The van der Waals surface area contributed by atoms with Crippen LogP contribution in [0.25, 0.3) is 0 Å². The molecule has 0 fully saturated rings. The van der Waals surface area contributed by atoms with Crippen LogP contribution >= 0.6 is 17.2 Å². The normalized spacial score (nSPS) is 12.4. The fraction of sp³-hybridized carbons (Fsp3) is 0.652. The van der Waals surface area contributed by atoms with Crippen LogP contribution in [0.15, 0.2) is 97.1 Å². The van der Waals surface area contributed by atoms with Gasteiger partial charge in [-0.25, -0.2) is 0 Å². The molecule has 0 aliphatic rings. The van der Waals surface area contributed by atoms with E-state index in [-0.39, 0.29) is 5.41 Å². The van der Waals surface area contributed by atoms with Crippen LogP contribution in [0.4, 0.5) is 0 Å². The molecule has 2 atom stereocenters. The van der Waals surface area contributed by atoms with Gasteiger partial charge in [-0.1, -0.05) is 283 Å². The zero-order valence-corrected chi connectivity index (χ0v) is 51.7. The SMILES string of the molecule is CCCCCCCCCCCCOP(Oc1ccc(CCCCCCCCC)cc1)Oc1ccc(C(C)(C)c2ccc(OP(OCCCCCCCCCCCC)Oc3ccc(CCCCCCCCC)cc3)cc2)cc1. The highest BCUT2D eigenvalue weighted by atomic mass is 31.2. The molecule has 4 aromatic rings. The van der Waals surface area contributed by atoms with Gasteiger partial charge in [-0.3, -0.25) is 9.05 Å². The lowest BCUT2D eigenvalue weighted by molar-refractivity contribution is 0.257. The van der Waals surface area contributed by atoms with E-state index in [0.29, 0.717) is 13.2 Å². The van der Waals surface area contributed by atoms with Crippen molar-refractivity contribution in [1.29, 1.82) is 0 Å². The van der Waals surface area contributed by atoms with Gasteiger partial charge in [-0.2, -0.15) is 0 Å². The molecule has 0 spiro atoms. The molecule has 6 nitrogen and oxygen atoms in total. The standard InChI is InChI=1S/C69H110O6P2/c1-7-11-15-19-23-25-27-31-35-39-59-70-76(72-65-51-43-61(44-52-65)41-37-33-29-21-17-13-9-3)74-67-55-47-63(48-56-67)69(5,6)64-49-57-68(58-50-64)75-77(71-60-40-36-32-28-26-24-20-16-12-8-2)73-66-53-45-62(46-54-66)42-38-34-30-22-18-14-10-4/h43-58H,7-42,59-60H2,1-6H3. The highest BCUT2D eigenvalue weighted by molar-refractivity contribution is 7.42. The van der Waals surface area contributed by atoms with E-state index in [2.05, 4.69) is 139 Å². The molecule has 0 N–H and O–H groups in total. The molecule has 8 heteroatoms. The lowest BCUT2D eigenvalue weighted by Crippen LogP contribution is -2.18. The summed E-state index contributed by atoms with van der Waals surface area (Å²) in [6.07, 6.45) is 46.4. The largest absolute Gasteiger partial charge is 0.463 e. The van der Waals surface area contributed by atoms with Gasteiger partial charge in [0, 0.05) is 5.41 Å². The highest BCUT2D eigenvalue weighted by Crippen LogP contribution is 2.45. The van der Waals surface area contributed by atoms with Crippen molar-refractivity contribution in [3.63, 3.8) is 0 Å². The Morgan fingerprint density at radius 1 is 0.273 bits per heavy atom. The van der Waals surface area contributed by atoms with Crippen molar-refractivity contribution in [3.8, 4) is 23.0 Å². The van der Waals surface area contributed by atoms with E-state index in [1.165, 1.54) is 228 Å². The minimum Gasteiger partial charge on any atom is -0.418 e. The molecule has 2 unspecified atom stereocenters. The summed E-state index contributed by atoms with van der Waals surface area (Å²) in [6.45, 7) is 14.9. The Morgan fingerprint density at radius 3 is 0.753 bits per heavy atom. The van der Waals surface area contributed by atoms with Crippen molar-refractivity contribution in [2.24, 2.45) is 0 Å². The summed E-state index contributed by atoms with van der Waals surface area (Å²) in [5.41, 5.74) is 4.82. The monoisotopic (exact) mass is 1100 g/mol. The number of aryl methyl sites for hydroxylation is 2. The summed E-state index contributed by atoms with van der Waals surface area (Å²) in [7, 11) is -3.28. The minimum absolute atomic E-state index is 0.273. The van der Waals surface area contributed by atoms with Crippen LogP contribution in [-0.4, -0.2) is 13.2 Å². The van der Waals surface area contributed by atoms with E-state index in [9.17, 15) is 0 Å². The summed E-state index contributed by atoms with van der Waals surface area (Å²) >= 11 is 0. The smallest absolute Gasteiger partial charge is 0.418 e. The number of unbranched alkanes of at least 4 members (excludes halogenated alkanes) is 30. The molecule has 0 heterocycles. The van der Waals surface area contributed by atoms with Crippen LogP contribution in [0.5, 0.6) is 23.0 Å². The second kappa shape index (κ2) is 43.6. The Balaban J connectivity index is 1.34. The summed E-state index contributed by atoms with van der Waals surface area (Å²) in [4.78, 5) is 0. The first-order chi connectivity index (χ1) is 37.8. The maximum Gasteiger partial charge on any atom is 0.463 e. The van der Waals surface area contributed by atoms with Crippen LogP contribution < -0.4 is 18.1 Å². The van der Waals surface area contributed by atoms with Crippen LogP contribution in [0.3, 0.4) is 0 Å². The van der Waals surface area contributed by atoms with Crippen LogP contribution in [0.1, 0.15) is 282 Å². The molecule has 4 aromatic carbocycles. The van der Waals surface area contributed by atoms with Gasteiger partial charge in [0.15, 0.2) is 0 Å². The molecular weight excluding hydrogens is 987 g/mol. The molecule has 77 heavy (non-hydrogen) atoms. The van der Waals surface area contributed by atoms with E-state index in [1.807, 2.05) is 0 Å². The first-order valence-electron chi connectivity index (χ1n) is 31.8. The third kappa shape index (κ3) is 30.9. The molecule has 0 radical (unpaired) electrons. The van der Waals surface area contributed by atoms with Crippen LogP contribution in [0, 0.1) is 0 Å². The van der Waals surface area contributed by atoms with Gasteiger partial charge in [-0.05, 0) is 109 Å². The fourth-order valence-electron chi connectivity index (χ4n) is 9.98. The Bertz CT molecular complexity index is 1810. The average molecular weight is 1100 g/mol. The quantitative estimate of drug-likeness (QED) is 0.0324. The molecule has 432 valence electrons. The van der Waals surface area contributed by atoms with Crippen molar-refractivity contribution in [3.05, 3.63) is 119 Å². The molecule has 0 aliphatic heterocycles. The molecule has 0 bridgehead atoms. The Labute approximate surface area is 475 Å². The predicted octanol–water partition coefficient (Wildman–Crippen LogP) is 23.8. The maximum atomic E-state index is 6.52. The van der Waals surface area contributed by atoms with Crippen molar-refractivity contribution in [1.82, 2.24) is 0 Å². The predicted molar refractivity (Wildman–Crippen MR) is 333 cm³/mol. The molecule has 0 amide bonds. The van der Waals surface area contributed by atoms with E-state index in [4.69, 9.17) is 27.1 Å². The fourth-order valence-corrected chi connectivity index (χ4v) is 12.0. The third-order valence-electron chi connectivity index (χ3n) is 15.2. The zero-order chi connectivity index (χ0) is 54.7. The van der Waals surface area contributed by atoms with Gasteiger partial charge in [0.05, 0.1) is 13.2 Å². The molecule has 0 aromatic heterocycles. The zero-order valence-electron chi connectivity index (χ0n) is 50.0. The summed E-state index contributed by atoms with van der Waals surface area (Å²) < 4.78 is 38.8. The highest BCUT2D eigenvalue weighted by Gasteiger charge is 2.25. The number of benzene rings is 4. The van der Waals surface area contributed by atoms with Crippen LogP contribution in [0.2, 0.25) is 0 Å². The molecular formula is C69H110O6P2. The molecule has 0 saturated carbocycles. The van der Waals surface area contributed by atoms with E-state index in [1.54, 1.807) is 0 Å². The second-order valence-electron chi connectivity index (χ2n) is 22.5. The number of hydrogen-bond acceptors (Lipinski definition) is 6. The number of hydrogen-bond donors (Lipinski definition) is 0. The van der Waals surface area contributed by atoms with Gasteiger partial charge in [0.1, 0.15) is 23.0 Å². The Kier molecular flexibility index (Phi) is 37.6. The lowest BCUT2D eigenvalue weighted by Gasteiger charge is -2.27. The van der Waals surface area contributed by atoms with E-state index in [0.717, 1.165) is 48.7 Å². The maximum absolute atomic E-state index is 6.52. The minimum atomic E-state index is -1.64. The van der Waals surface area contributed by atoms with Gasteiger partial charge < -0.3 is 18.1 Å². The summed E-state index contributed by atoms with van der Waals surface area (Å²) in [6, 6.07) is 34.0. The van der Waals surface area contributed by atoms with Crippen molar-refractivity contribution >= 4 is 17.2 Å². The van der Waals surface area contributed by atoms with Gasteiger partial charge in [-0.15, -0.1) is 0 Å². The molecule has 0 aliphatic carbocycles. The first kappa shape index (κ1) is 66.4. The lowest BCUT2D eigenvalue weighted by atomic mass is 9.78. The first-order valence-corrected chi connectivity index (χ1v) is 34.0. The number of rotatable bonds is 50. The van der Waals surface area contributed by atoms with Crippen molar-refractivity contribution < 1.29 is 27.1 Å². The van der Waals surface area contributed by atoms with Gasteiger partial charge >= 0.3 is 17.2 Å². The molecule has 4 rings (SSSR count). The van der Waals surface area contributed by atoms with E-state index >= 15 is 0 Å². The third-order valence-corrected chi connectivity index (χ3v) is 17.5. The topological polar surface area (TPSA) is 55.4 Å². The van der Waals surface area contributed by atoms with Crippen molar-refractivity contribution in [2.75, 3.05) is 13.2 Å². The molecule has 0 saturated heterocycles. The van der Waals surface area contributed by atoms with E-state index < -0.39 is 17.2 Å². The second-order valence-corrected chi connectivity index (χ2v) is 24.7. The summed E-state index contributed by atoms with van der Waals surface area (Å²) in [5, 5.41) is 0. The Morgan fingerprint density at radius 2 is 0.494 bits per heavy atom. The average Bonchev–Trinajstić information content (AvgIpc) is 3.46. The van der Waals surface area contributed by atoms with Crippen molar-refractivity contribution in [2.45, 2.75) is 278 Å². The van der Waals surface area contributed by atoms with Gasteiger partial charge in [0.25, 0.3) is 0 Å². The Hall–Kier alpha value is -3.14. The van der Waals surface area contributed by atoms with Crippen LogP contribution in [-0.2, 0) is 27.3 Å². The summed E-state index contributed by atoms with van der Waals surface area (Å²) in [5.74, 6) is 3.06.